The molecule has 0 fully saturated rings. The van der Waals surface area contributed by atoms with Crippen LogP contribution in [-0.2, 0) is 0 Å². The Balaban J connectivity index is 2.94. The number of aromatic nitrogens is 2. The van der Waals surface area contributed by atoms with Gasteiger partial charge in [0.05, 0.1) is 0 Å². The molecule has 0 saturated heterocycles. The van der Waals surface area contributed by atoms with E-state index in [0.717, 1.165) is 6.42 Å². The topological polar surface area (TPSA) is 78.9 Å². The van der Waals surface area contributed by atoms with Crippen molar-refractivity contribution in [3.63, 3.8) is 0 Å². The lowest BCUT2D eigenvalue weighted by Gasteiger charge is -2.23. The summed E-state index contributed by atoms with van der Waals surface area (Å²) in [5.41, 5.74) is 5.83. The zero-order chi connectivity index (χ0) is 11.4. The Morgan fingerprint density at radius 3 is 2.87 bits per heavy atom. The number of nitrogen functional groups attached to an aromatic ring is 1. The summed E-state index contributed by atoms with van der Waals surface area (Å²) in [6, 6.07) is 2.00. The zero-order valence-electron chi connectivity index (χ0n) is 9.36. The highest BCUT2D eigenvalue weighted by Crippen LogP contribution is 2.10. The summed E-state index contributed by atoms with van der Waals surface area (Å²) in [7, 11) is 1.94. The first-order valence-electron chi connectivity index (χ1n) is 4.96. The van der Waals surface area contributed by atoms with Gasteiger partial charge in [-0.15, -0.1) is 0 Å². The molecule has 1 atom stereocenters. The minimum atomic E-state index is -0.0313. The highest BCUT2D eigenvalue weighted by Gasteiger charge is 2.11. The summed E-state index contributed by atoms with van der Waals surface area (Å²) in [4.78, 5) is 10.3. The van der Waals surface area contributed by atoms with Gasteiger partial charge in [0.1, 0.15) is 11.5 Å². The van der Waals surface area contributed by atoms with Gasteiger partial charge in [0.15, 0.2) is 0 Å². The average molecular weight is 207 g/mol. The fourth-order valence-corrected chi connectivity index (χ4v) is 1.14. The summed E-state index contributed by atoms with van der Waals surface area (Å²) in [6.07, 6.45) is 2.64. The largest absolute Gasteiger partial charge is 0.382 e. The van der Waals surface area contributed by atoms with Crippen LogP contribution in [0.25, 0.3) is 0 Å². The van der Waals surface area contributed by atoms with Crippen LogP contribution >= 0.6 is 0 Å². The molecular formula is C10H17N5. The van der Waals surface area contributed by atoms with E-state index in [-0.39, 0.29) is 5.84 Å². The maximum absolute atomic E-state index is 7.29. The van der Waals surface area contributed by atoms with Crippen molar-refractivity contribution in [2.75, 3.05) is 11.9 Å². The van der Waals surface area contributed by atoms with Crippen molar-refractivity contribution in [3.8, 4) is 0 Å². The maximum Gasteiger partial charge on any atom is 0.225 e. The number of nitrogens with zero attached hydrogens (tertiary/aromatic N) is 3. The normalized spacial score (nSPS) is 12.2. The van der Waals surface area contributed by atoms with Crippen molar-refractivity contribution in [2.24, 2.45) is 5.73 Å². The van der Waals surface area contributed by atoms with Crippen molar-refractivity contribution in [3.05, 3.63) is 18.0 Å². The van der Waals surface area contributed by atoms with Crippen LogP contribution < -0.4 is 10.6 Å². The molecule has 5 nitrogen and oxygen atoms in total. The Bertz CT molecular complexity index is 349. The third-order valence-corrected chi connectivity index (χ3v) is 2.49. The van der Waals surface area contributed by atoms with Crippen LogP contribution in [0.15, 0.2) is 12.3 Å². The van der Waals surface area contributed by atoms with Gasteiger partial charge in [-0.05, 0) is 19.4 Å². The van der Waals surface area contributed by atoms with E-state index in [4.69, 9.17) is 11.1 Å². The molecule has 1 aromatic rings. The van der Waals surface area contributed by atoms with Crippen molar-refractivity contribution in [2.45, 2.75) is 26.3 Å². The van der Waals surface area contributed by atoms with Gasteiger partial charge in [-0.1, -0.05) is 6.92 Å². The van der Waals surface area contributed by atoms with Crippen molar-refractivity contribution in [1.29, 1.82) is 5.41 Å². The highest BCUT2D eigenvalue weighted by molar-refractivity contribution is 5.93. The molecule has 0 amide bonds. The molecule has 0 saturated carbocycles. The number of hydrogen-bond donors (Lipinski definition) is 2. The lowest BCUT2D eigenvalue weighted by atomic mass is 10.2. The Labute approximate surface area is 89.8 Å². The molecule has 0 spiro atoms. The highest BCUT2D eigenvalue weighted by atomic mass is 15.2. The second kappa shape index (κ2) is 4.72. The summed E-state index contributed by atoms with van der Waals surface area (Å²) >= 11 is 0. The molecule has 0 aliphatic rings. The van der Waals surface area contributed by atoms with Crippen molar-refractivity contribution >= 4 is 11.8 Å². The van der Waals surface area contributed by atoms with Gasteiger partial charge in [-0.3, -0.25) is 5.41 Å². The van der Waals surface area contributed by atoms with E-state index < -0.39 is 0 Å². The molecule has 1 aromatic heterocycles. The fraction of sp³-hybridized carbons (Fsp3) is 0.500. The molecule has 1 unspecified atom stereocenters. The number of hydrogen-bond acceptors (Lipinski definition) is 4. The summed E-state index contributed by atoms with van der Waals surface area (Å²) in [5, 5.41) is 7.29. The van der Waals surface area contributed by atoms with Crippen LogP contribution in [0, 0.1) is 5.41 Å². The van der Waals surface area contributed by atoms with E-state index in [2.05, 4.69) is 23.8 Å². The summed E-state index contributed by atoms with van der Waals surface area (Å²) < 4.78 is 0. The quantitative estimate of drug-likeness (QED) is 0.570. The number of amidine groups is 1. The van der Waals surface area contributed by atoms with Crippen LogP contribution in [0.4, 0.5) is 5.95 Å². The van der Waals surface area contributed by atoms with Crippen molar-refractivity contribution in [1.82, 2.24) is 9.97 Å². The molecule has 15 heavy (non-hydrogen) atoms. The van der Waals surface area contributed by atoms with E-state index in [1.165, 1.54) is 0 Å². The second-order valence-corrected chi connectivity index (χ2v) is 3.52. The predicted molar refractivity (Wildman–Crippen MR) is 61.2 cm³/mol. The zero-order valence-corrected chi connectivity index (χ0v) is 9.36. The second-order valence-electron chi connectivity index (χ2n) is 3.52. The van der Waals surface area contributed by atoms with Crippen LogP contribution in [0.3, 0.4) is 0 Å². The average Bonchev–Trinajstić information content (AvgIpc) is 2.27. The van der Waals surface area contributed by atoms with Gasteiger partial charge in [-0.25, -0.2) is 9.97 Å². The fourth-order valence-electron chi connectivity index (χ4n) is 1.14. The number of anilines is 1. The van der Waals surface area contributed by atoms with Crippen LogP contribution in [0.2, 0.25) is 0 Å². The first-order chi connectivity index (χ1) is 7.06. The Morgan fingerprint density at radius 2 is 2.33 bits per heavy atom. The van der Waals surface area contributed by atoms with E-state index in [1.54, 1.807) is 12.3 Å². The lowest BCUT2D eigenvalue weighted by molar-refractivity contribution is 0.648. The van der Waals surface area contributed by atoms with E-state index in [1.807, 2.05) is 11.9 Å². The molecule has 5 heteroatoms. The molecule has 1 heterocycles. The maximum atomic E-state index is 7.29. The Morgan fingerprint density at radius 1 is 1.67 bits per heavy atom. The Hall–Kier alpha value is -1.65. The Kier molecular flexibility index (Phi) is 3.60. The van der Waals surface area contributed by atoms with Crippen LogP contribution in [-0.4, -0.2) is 28.9 Å². The summed E-state index contributed by atoms with van der Waals surface area (Å²) in [5.74, 6) is 0.577. The monoisotopic (exact) mass is 207 g/mol. The van der Waals surface area contributed by atoms with Gasteiger partial charge >= 0.3 is 0 Å². The molecule has 0 bridgehead atoms. The first kappa shape index (κ1) is 11.4. The van der Waals surface area contributed by atoms with Gasteiger partial charge in [0, 0.05) is 19.3 Å². The van der Waals surface area contributed by atoms with Crippen LogP contribution in [0.5, 0.6) is 0 Å². The van der Waals surface area contributed by atoms with E-state index >= 15 is 0 Å². The minimum Gasteiger partial charge on any atom is -0.382 e. The molecule has 0 aliphatic heterocycles. The van der Waals surface area contributed by atoms with E-state index in [9.17, 15) is 0 Å². The summed E-state index contributed by atoms with van der Waals surface area (Å²) in [6.45, 7) is 4.21. The molecular weight excluding hydrogens is 190 g/mol. The SMILES string of the molecule is CCC(C)N(C)c1nccc(C(=N)N)n1. The first-order valence-corrected chi connectivity index (χ1v) is 4.96. The molecule has 1 rings (SSSR count). The van der Waals surface area contributed by atoms with Gasteiger partial charge in [-0.2, -0.15) is 0 Å². The minimum absolute atomic E-state index is 0.0313. The molecule has 82 valence electrons. The molecule has 0 aliphatic carbocycles. The molecule has 0 radical (unpaired) electrons. The van der Waals surface area contributed by atoms with E-state index in [0.29, 0.717) is 17.7 Å². The number of rotatable bonds is 4. The number of nitrogens with one attached hydrogen (secondary N) is 1. The van der Waals surface area contributed by atoms with Crippen molar-refractivity contribution < 1.29 is 0 Å². The lowest BCUT2D eigenvalue weighted by Crippen LogP contribution is -2.30. The molecule has 0 aromatic carbocycles. The van der Waals surface area contributed by atoms with Gasteiger partial charge in [0.25, 0.3) is 0 Å². The van der Waals surface area contributed by atoms with Crippen LogP contribution in [0.1, 0.15) is 26.0 Å². The standard InChI is InChI=1S/C10H17N5/c1-4-7(2)15(3)10-13-6-5-8(14-10)9(11)12/h5-7H,4H2,1-3H3,(H3,11,12). The third-order valence-electron chi connectivity index (χ3n) is 2.49. The number of nitrogens with two attached hydrogens (primary N) is 1. The van der Waals surface area contributed by atoms with Gasteiger partial charge in [0.2, 0.25) is 5.95 Å². The molecule has 3 N–H and O–H groups in total. The third kappa shape index (κ3) is 2.65. The smallest absolute Gasteiger partial charge is 0.225 e. The predicted octanol–water partition coefficient (Wildman–Crippen LogP) is 0.995. The van der Waals surface area contributed by atoms with Gasteiger partial charge < -0.3 is 10.6 Å².